The number of benzene rings is 5. The molecule has 0 atom stereocenters. The van der Waals surface area contributed by atoms with E-state index in [0.29, 0.717) is 0 Å². The van der Waals surface area contributed by atoms with Gasteiger partial charge < -0.3 is 14.7 Å². The Hall–Kier alpha value is -4.50. The standard InChI is InChI=1S/C41H47N3/c1-7-42(8-2)35-25-27-37(31(5)29-35)41(38-28-26-36(30-32(38)6)43(9-3)10-4)39-23-17-18-24-40(39)44(33-19-13-11-14-20-33)34-21-15-12-16-22-34/h11-30,41H,7-10H2,1-6H3. The second-order valence-electron chi connectivity index (χ2n) is 11.4. The molecule has 5 aromatic carbocycles. The number of hydrogen-bond acceptors (Lipinski definition) is 3. The number of nitrogens with zero attached hydrogens (tertiary/aromatic N) is 3. The quantitative estimate of drug-likeness (QED) is 0.136. The van der Waals surface area contributed by atoms with E-state index < -0.39 is 0 Å². The SMILES string of the molecule is CCN(CC)c1ccc(C(c2ccc(N(CC)CC)cc2C)c2ccccc2N(c2ccccc2)c2ccccc2)c(C)c1. The van der Waals surface area contributed by atoms with Crippen molar-refractivity contribution in [2.75, 3.05) is 40.9 Å². The van der Waals surface area contributed by atoms with Crippen LogP contribution >= 0.6 is 0 Å². The molecule has 0 saturated heterocycles. The molecular formula is C41H47N3. The van der Waals surface area contributed by atoms with Gasteiger partial charge in [0.05, 0.1) is 5.69 Å². The van der Waals surface area contributed by atoms with E-state index in [9.17, 15) is 0 Å². The van der Waals surface area contributed by atoms with Gasteiger partial charge in [-0.2, -0.15) is 0 Å². The van der Waals surface area contributed by atoms with Crippen molar-refractivity contribution in [3.8, 4) is 0 Å². The number of anilines is 5. The van der Waals surface area contributed by atoms with Crippen LogP contribution in [0.1, 0.15) is 61.4 Å². The average Bonchev–Trinajstić information content (AvgIpc) is 3.06. The first-order valence-electron chi connectivity index (χ1n) is 16.2. The van der Waals surface area contributed by atoms with Crippen LogP contribution in [0.15, 0.2) is 121 Å². The summed E-state index contributed by atoms with van der Waals surface area (Å²) in [6, 6.07) is 44.6. The summed E-state index contributed by atoms with van der Waals surface area (Å²) in [7, 11) is 0. The summed E-state index contributed by atoms with van der Waals surface area (Å²) in [6.07, 6.45) is 0. The summed E-state index contributed by atoms with van der Waals surface area (Å²) < 4.78 is 0. The van der Waals surface area contributed by atoms with Crippen LogP contribution < -0.4 is 14.7 Å². The van der Waals surface area contributed by atoms with Gasteiger partial charge in [-0.3, -0.25) is 0 Å². The van der Waals surface area contributed by atoms with E-state index in [0.717, 1.165) is 37.6 Å². The van der Waals surface area contributed by atoms with Crippen LogP contribution in [-0.2, 0) is 0 Å². The van der Waals surface area contributed by atoms with Crippen LogP contribution in [0, 0.1) is 13.8 Å². The molecule has 226 valence electrons. The van der Waals surface area contributed by atoms with Gasteiger partial charge in [-0.25, -0.2) is 0 Å². The first-order valence-corrected chi connectivity index (χ1v) is 16.2. The molecule has 3 heteroatoms. The minimum absolute atomic E-state index is 0.0534. The van der Waals surface area contributed by atoms with Crippen LogP contribution in [0.3, 0.4) is 0 Å². The largest absolute Gasteiger partial charge is 0.372 e. The first-order chi connectivity index (χ1) is 21.5. The highest BCUT2D eigenvalue weighted by molar-refractivity contribution is 5.80. The number of para-hydroxylation sites is 3. The van der Waals surface area contributed by atoms with E-state index in [1.54, 1.807) is 0 Å². The van der Waals surface area contributed by atoms with Gasteiger partial charge in [0.2, 0.25) is 0 Å². The van der Waals surface area contributed by atoms with Gasteiger partial charge in [-0.15, -0.1) is 0 Å². The van der Waals surface area contributed by atoms with Crippen LogP contribution in [0.25, 0.3) is 0 Å². The molecule has 0 amide bonds. The van der Waals surface area contributed by atoms with E-state index in [2.05, 4.69) is 178 Å². The summed E-state index contributed by atoms with van der Waals surface area (Å²) in [6.45, 7) is 17.5. The minimum Gasteiger partial charge on any atom is -0.372 e. The van der Waals surface area contributed by atoms with E-state index in [4.69, 9.17) is 0 Å². The molecule has 3 nitrogen and oxygen atoms in total. The lowest BCUT2D eigenvalue weighted by Gasteiger charge is -2.32. The second kappa shape index (κ2) is 14.3. The highest BCUT2D eigenvalue weighted by atomic mass is 15.1. The number of rotatable bonds is 12. The minimum atomic E-state index is 0.0534. The lowest BCUT2D eigenvalue weighted by Crippen LogP contribution is -2.22. The third-order valence-corrected chi connectivity index (χ3v) is 8.90. The monoisotopic (exact) mass is 581 g/mol. The molecule has 0 radical (unpaired) electrons. The van der Waals surface area contributed by atoms with Crippen LogP contribution in [-0.4, -0.2) is 26.2 Å². The summed E-state index contributed by atoms with van der Waals surface area (Å²) in [5.74, 6) is 0.0534. The Bertz CT molecular complexity index is 1530. The van der Waals surface area contributed by atoms with E-state index in [1.165, 1.54) is 44.9 Å². The van der Waals surface area contributed by atoms with Crippen molar-refractivity contribution in [3.05, 3.63) is 149 Å². The fourth-order valence-corrected chi connectivity index (χ4v) is 6.56. The molecule has 0 aliphatic rings. The number of hydrogen-bond donors (Lipinski definition) is 0. The van der Waals surface area contributed by atoms with E-state index in [-0.39, 0.29) is 5.92 Å². The van der Waals surface area contributed by atoms with Crippen molar-refractivity contribution in [2.24, 2.45) is 0 Å². The second-order valence-corrected chi connectivity index (χ2v) is 11.4. The molecule has 0 aliphatic carbocycles. The fraction of sp³-hybridized carbons (Fsp3) is 0.268. The third-order valence-electron chi connectivity index (χ3n) is 8.90. The topological polar surface area (TPSA) is 9.72 Å². The van der Waals surface area contributed by atoms with Gasteiger partial charge >= 0.3 is 0 Å². The van der Waals surface area contributed by atoms with Gasteiger partial charge in [0.1, 0.15) is 0 Å². The van der Waals surface area contributed by atoms with Gasteiger partial charge in [-0.05, 0) is 124 Å². The molecule has 44 heavy (non-hydrogen) atoms. The Morgan fingerprint density at radius 1 is 0.432 bits per heavy atom. The number of aryl methyl sites for hydroxylation is 2. The predicted octanol–water partition coefficient (Wildman–Crippen LogP) is 10.6. The maximum absolute atomic E-state index is 2.43. The zero-order valence-electron chi connectivity index (χ0n) is 27.3. The summed E-state index contributed by atoms with van der Waals surface area (Å²) in [5.41, 5.74) is 12.6. The zero-order chi connectivity index (χ0) is 31.1. The highest BCUT2D eigenvalue weighted by Gasteiger charge is 2.27. The van der Waals surface area contributed by atoms with Crippen molar-refractivity contribution >= 4 is 28.4 Å². The average molecular weight is 582 g/mol. The van der Waals surface area contributed by atoms with Gasteiger partial charge in [0, 0.05) is 54.8 Å². The smallest absolute Gasteiger partial charge is 0.0503 e. The lowest BCUT2D eigenvalue weighted by atomic mass is 9.80. The van der Waals surface area contributed by atoms with Crippen molar-refractivity contribution < 1.29 is 0 Å². The maximum Gasteiger partial charge on any atom is 0.0503 e. The van der Waals surface area contributed by atoms with Crippen molar-refractivity contribution in [3.63, 3.8) is 0 Å². The van der Waals surface area contributed by atoms with Crippen molar-refractivity contribution in [1.82, 2.24) is 0 Å². The molecule has 0 heterocycles. The van der Waals surface area contributed by atoms with Gasteiger partial charge in [0.25, 0.3) is 0 Å². The normalized spacial score (nSPS) is 11.1. The van der Waals surface area contributed by atoms with Gasteiger partial charge in [-0.1, -0.05) is 66.7 Å². The molecule has 0 N–H and O–H groups in total. The van der Waals surface area contributed by atoms with Crippen LogP contribution in [0.2, 0.25) is 0 Å². The molecule has 0 fully saturated rings. The Morgan fingerprint density at radius 2 is 0.841 bits per heavy atom. The Labute approximate surface area is 265 Å². The molecule has 0 unspecified atom stereocenters. The fourth-order valence-electron chi connectivity index (χ4n) is 6.56. The summed E-state index contributed by atoms with van der Waals surface area (Å²) in [5, 5.41) is 0. The van der Waals surface area contributed by atoms with Crippen molar-refractivity contribution in [1.29, 1.82) is 0 Å². The summed E-state index contributed by atoms with van der Waals surface area (Å²) >= 11 is 0. The first kappa shape index (κ1) is 30.9. The molecule has 5 aromatic rings. The molecule has 0 aromatic heterocycles. The Morgan fingerprint density at radius 3 is 1.25 bits per heavy atom. The predicted molar refractivity (Wildman–Crippen MR) is 192 cm³/mol. The molecule has 0 bridgehead atoms. The third kappa shape index (κ3) is 6.38. The molecule has 0 saturated carbocycles. The molecular weight excluding hydrogens is 534 g/mol. The van der Waals surface area contributed by atoms with Crippen molar-refractivity contribution in [2.45, 2.75) is 47.5 Å². The molecule has 0 aliphatic heterocycles. The molecule has 5 rings (SSSR count). The highest BCUT2D eigenvalue weighted by Crippen LogP contribution is 2.45. The van der Waals surface area contributed by atoms with Crippen LogP contribution in [0.5, 0.6) is 0 Å². The zero-order valence-corrected chi connectivity index (χ0v) is 27.3. The lowest BCUT2D eigenvalue weighted by molar-refractivity contribution is 0.859. The van der Waals surface area contributed by atoms with E-state index >= 15 is 0 Å². The Balaban J connectivity index is 1.76. The van der Waals surface area contributed by atoms with Crippen LogP contribution in [0.4, 0.5) is 28.4 Å². The van der Waals surface area contributed by atoms with E-state index in [1.807, 2.05) is 0 Å². The summed E-state index contributed by atoms with van der Waals surface area (Å²) in [4.78, 5) is 7.26. The van der Waals surface area contributed by atoms with Gasteiger partial charge in [0.15, 0.2) is 0 Å². The Kier molecular flexibility index (Phi) is 10.1. The maximum atomic E-state index is 2.43. The molecule has 0 spiro atoms.